The summed E-state index contributed by atoms with van der Waals surface area (Å²) >= 11 is 7.40. The fourth-order valence-electron chi connectivity index (χ4n) is 2.24. The highest BCUT2D eigenvalue weighted by molar-refractivity contribution is 7.09. The number of thiazole rings is 1. The van der Waals surface area contributed by atoms with Crippen molar-refractivity contribution in [1.29, 1.82) is 0 Å². The molecular formula is C15H14ClFN4OS. The van der Waals surface area contributed by atoms with Gasteiger partial charge in [-0.3, -0.25) is 9.20 Å². The second kappa shape index (κ2) is 6.25. The molecule has 3 heterocycles. The number of hydrogen-bond donors (Lipinski definition) is 0. The predicted molar refractivity (Wildman–Crippen MR) is 87.7 cm³/mol. The van der Waals surface area contributed by atoms with E-state index in [2.05, 4.69) is 9.97 Å². The summed E-state index contributed by atoms with van der Waals surface area (Å²) in [5, 5.41) is 0.377. The van der Waals surface area contributed by atoms with Gasteiger partial charge in [-0.2, -0.15) is 4.39 Å². The second-order valence-corrected chi connectivity index (χ2v) is 6.54. The van der Waals surface area contributed by atoms with Gasteiger partial charge in [-0.1, -0.05) is 11.6 Å². The van der Waals surface area contributed by atoms with Gasteiger partial charge in [0.25, 0.3) is 5.91 Å². The lowest BCUT2D eigenvalue weighted by atomic mass is 10.3. The third-order valence-electron chi connectivity index (χ3n) is 3.59. The van der Waals surface area contributed by atoms with Gasteiger partial charge in [0.15, 0.2) is 5.69 Å². The number of carbonyl (C=O) groups is 1. The smallest absolute Gasteiger partial charge is 0.277 e. The van der Waals surface area contributed by atoms with Crippen LogP contribution in [0.25, 0.3) is 5.65 Å². The van der Waals surface area contributed by atoms with E-state index in [4.69, 9.17) is 11.6 Å². The summed E-state index contributed by atoms with van der Waals surface area (Å²) in [7, 11) is 1.63. The number of aryl methyl sites for hydroxylation is 1. The molecule has 3 aromatic rings. The van der Waals surface area contributed by atoms with Gasteiger partial charge in [-0.05, 0) is 19.1 Å². The zero-order chi connectivity index (χ0) is 16.6. The van der Waals surface area contributed by atoms with Gasteiger partial charge in [0.1, 0.15) is 5.65 Å². The first kappa shape index (κ1) is 15.9. The first-order valence-corrected chi connectivity index (χ1v) is 8.20. The van der Waals surface area contributed by atoms with Crippen LogP contribution in [0.3, 0.4) is 0 Å². The van der Waals surface area contributed by atoms with Crippen LogP contribution >= 0.6 is 22.9 Å². The number of likely N-dealkylation sites (N-methyl/N-ethyl adjacent to an activating group) is 1. The molecular weight excluding hydrogens is 339 g/mol. The summed E-state index contributed by atoms with van der Waals surface area (Å²) < 4.78 is 15.6. The van der Waals surface area contributed by atoms with Crippen LogP contribution in [0.15, 0.2) is 23.8 Å². The monoisotopic (exact) mass is 352 g/mol. The van der Waals surface area contributed by atoms with E-state index in [0.717, 1.165) is 10.6 Å². The number of fused-ring (bicyclic) bond motifs is 1. The summed E-state index contributed by atoms with van der Waals surface area (Å²) in [6, 6.07) is 3.18. The third-order valence-corrected chi connectivity index (χ3v) is 4.81. The summed E-state index contributed by atoms with van der Waals surface area (Å²) in [4.78, 5) is 23.3. The van der Waals surface area contributed by atoms with Gasteiger partial charge in [-0.25, -0.2) is 9.97 Å². The summed E-state index contributed by atoms with van der Waals surface area (Å²) in [6.45, 7) is 2.40. The standard InChI is InChI=1S/C15H14ClFN4OS/c1-9-11(23-8-18-9)5-6-20(2)15(22)13-14(17)21-7-10(16)3-4-12(21)19-13/h3-4,7-8H,5-6H2,1-2H3. The molecule has 0 N–H and O–H groups in total. The Bertz CT molecular complexity index is 876. The van der Waals surface area contributed by atoms with Crippen LogP contribution in [0.1, 0.15) is 21.1 Å². The topological polar surface area (TPSA) is 50.5 Å². The molecule has 0 aliphatic rings. The number of halogens is 2. The molecule has 0 unspecified atom stereocenters. The molecule has 8 heteroatoms. The van der Waals surface area contributed by atoms with Gasteiger partial charge in [0.05, 0.1) is 16.2 Å². The summed E-state index contributed by atoms with van der Waals surface area (Å²) in [5.74, 6) is -1.15. The Balaban J connectivity index is 1.79. The Morgan fingerprint density at radius 3 is 2.96 bits per heavy atom. The summed E-state index contributed by atoms with van der Waals surface area (Å²) in [6.07, 6.45) is 2.08. The highest BCUT2D eigenvalue weighted by Crippen LogP contribution is 2.17. The zero-order valence-corrected chi connectivity index (χ0v) is 14.2. The molecule has 23 heavy (non-hydrogen) atoms. The van der Waals surface area contributed by atoms with Crippen molar-refractivity contribution in [2.75, 3.05) is 13.6 Å². The first-order valence-electron chi connectivity index (χ1n) is 6.95. The Hall–Kier alpha value is -1.99. The molecule has 0 aliphatic carbocycles. The van der Waals surface area contributed by atoms with Gasteiger partial charge < -0.3 is 4.90 Å². The van der Waals surface area contributed by atoms with Crippen LogP contribution < -0.4 is 0 Å². The summed E-state index contributed by atoms with van der Waals surface area (Å²) in [5.41, 5.74) is 2.89. The molecule has 3 rings (SSSR count). The molecule has 5 nitrogen and oxygen atoms in total. The molecule has 0 saturated heterocycles. The van der Waals surface area contributed by atoms with Crippen molar-refractivity contribution in [3.8, 4) is 0 Å². The first-order chi connectivity index (χ1) is 11.0. The van der Waals surface area contributed by atoms with Crippen molar-refractivity contribution in [1.82, 2.24) is 19.3 Å². The van der Waals surface area contributed by atoms with Crippen molar-refractivity contribution in [3.05, 3.63) is 51.1 Å². The van der Waals surface area contributed by atoms with Crippen LogP contribution in [0.2, 0.25) is 5.02 Å². The van der Waals surface area contributed by atoms with Gasteiger partial charge in [0.2, 0.25) is 5.95 Å². The highest BCUT2D eigenvalue weighted by Gasteiger charge is 2.22. The van der Waals surface area contributed by atoms with E-state index in [9.17, 15) is 9.18 Å². The molecule has 0 radical (unpaired) electrons. The minimum absolute atomic E-state index is 0.198. The molecule has 0 bridgehead atoms. The molecule has 3 aromatic heterocycles. The van der Waals surface area contributed by atoms with Crippen molar-refractivity contribution >= 4 is 34.5 Å². The minimum Gasteiger partial charge on any atom is -0.340 e. The zero-order valence-electron chi connectivity index (χ0n) is 12.6. The van der Waals surface area contributed by atoms with Crippen LogP contribution in [0.4, 0.5) is 4.39 Å². The van der Waals surface area contributed by atoms with Crippen LogP contribution in [-0.2, 0) is 6.42 Å². The lowest BCUT2D eigenvalue weighted by Crippen LogP contribution is -2.29. The quantitative estimate of drug-likeness (QED) is 0.724. The molecule has 1 amide bonds. The number of aromatic nitrogens is 3. The average molecular weight is 353 g/mol. The van der Waals surface area contributed by atoms with E-state index in [-0.39, 0.29) is 5.69 Å². The van der Waals surface area contributed by atoms with E-state index < -0.39 is 11.9 Å². The Kier molecular flexibility index (Phi) is 4.32. The van der Waals surface area contributed by atoms with Crippen molar-refractivity contribution in [2.45, 2.75) is 13.3 Å². The SMILES string of the molecule is Cc1ncsc1CCN(C)C(=O)c1nc2ccc(Cl)cn2c1F. The van der Waals surface area contributed by atoms with E-state index in [1.807, 2.05) is 6.92 Å². The van der Waals surface area contributed by atoms with E-state index in [1.165, 1.54) is 15.5 Å². The number of imidazole rings is 1. The number of carbonyl (C=O) groups excluding carboxylic acids is 1. The lowest BCUT2D eigenvalue weighted by Gasteiger charge is -2.15. The fraction of sp³-hybridized carbons (Fsp3) is 0.267. The number of rotatable bonds is 4. The maximum absolute atomic E-state index is 14.4. The van der Waals surface area contributed by atoms with Crippen LogP contribution in [-0.4, -0.2) is 38.8 Å². The van der Waals surface area contributed by atoms with Crippen molar-refractivity contribution < 1.29 is 9.18 Å². The lowest BCUT2D eigenvalue weighted by molar-refractivity contribution is 0.0786. The molecule has 120 valence electrons. The molecule has 0 spiro atoms. The fourth-order valence-corrected chi connectivity index (χ4v) is 3.17. The average Bonchev–Trinajstić information content (AvgIpc) is 3.08. The maximum Gasteiger partial charge on any atom is 0.277 e. The van der Waals surface area contributed by atoms with Crippen LogP contribution in [0, 0.1) is 12.9 Å². The number of hydrogen-bond acceptors (Lipinski definition) is 4. The largest absolute Gasteiger partial charge is 0.340 e. The van der Waals surface area contributed by atoms with E-state index >= 15 is 0 Å². The highest BCUT2D eigenvalue weighted by atomic mass is 35.5. The van der Waals surface area contributed by atoms with Gasteiger partial charge >= 0.3 is 0 Å². The van der Waals surface area contributed by atoms with Gasteiger partial charge in [-0.15, -0.1) is 11.3 Å². The second-order valence-electron chi connectivity index (χ2n) is 5.16. The Morgan fingerprint density at radius 1 is 1.48 bits per heavy atom. The van der Waals surface area contributed by atoms with Gasteiger partial charge in [0, 0.05) is 31.1 Å². The molecule has 0 aromatic carbocycles. The molecule has 0 atom stereocenters. The van der Waals surface area contributed by atoms with E-state index in [1.54, 1.807) is 36.0 Å². The van der Waals surface area contributed by atoms with Crippen molar-refractivity contribution in [3.63, 3.8) is 0 Å². The number of pyridine rings is 1. The Morgan fingerprint density at radius 2 is 2.26 bits per heavy atom. The minimum atomic E-state index is -0.701. The van der Waals surface area contributed by atoms with E-state index in [0.29, 0.717) is 23.6 Å². The molecule has 0 saturated carbocycles. The molecule has 0 aliphatic heterocycles. The number of amides is 1. The Labute approximate surface area is 141 Å². The third kappa shape index (κ3) is 3.07. The predicted octanol–water partition coefficient (Wildman–Crippen LogP) is 3.21. The molecule has 0 fully saturated rings. The van der Waals surface area contributed by atoms with Crippen molar-refractivity contribution in [2.24, 2.45) is 0 Å². The maximum atomic E-state index is 14.4. The normalized spacial score (nSPS) is 11.1. The number of nitrogens with zero attached hydrogens (tertiary/aromatic N) is 4. The van der Waals surface area contributed by atoms with Crippen LogP contribution in [0.5, 0.6) is 0 Å².